The number of nitrogens with zero attached hydrogens (tertiary/aromatic N) is 3. The van der Waals surface area contributed by atoms with Crippen LogP contribution in [0.25, 0.3) is 0 Å². The van der Waals surface area contributed by atoms with E-state index in [0.717, 1.165) is 12.8 Å². The summed E-state index contributed by atoms with van der Waals surface area (Å²) in [6.07, 6.45) is 3.16. The van der Waals surface area contributed by atoms with E-state index in [1.807, 2.05) is 0 Å². The molecular formula is C11H13N3O3. The number of carbonyl (C=O) groups is 2. The molecule has 2 aliphatic rings. The van der Waals surface area contributed by atoms with Crippen molar-refractivity contribution >= 4 is 11.8 Å². The van der Waals surface area contributed by atoms with Gasteiger partial charge in [0.05, 0.1) is 6.54 Å². The molecule has 2 saturated heterocycles. The van der Waals surface area contributed by atoms with Gasteiger partial charge in [0.2, 0.25) is 11.8 Å². The average molecular weight is 235 g/mol. The predicted octanol–water partition coefficient (Wildman–Crippen LogP) is 0.00780. The monoisotopic (exact) mass is 235 g/mol. The molecule has 1 aromatic heterocycles. The van der Waals surface area contributed by atoms with Crippen LogP contribution in [0, 0.1) is 0 Å². The summed E-state index contributed by atoms with van der Waals surface area (Å²) in [5.41, 5.74) is 0.678. The summed E-state index contributed by atoms with van der Waals surface area (Å²) < 4.78 is 4.72. The Morgan fingerprint density at radius 2 is 2.35 bits per heavy atom. The van der Waals surface area contributed by atoms with E-state index in [1.165, 1.54) is 6.26 Å². The van der Waals surface area contributed by atoms with Crippen molar-refractivity contribution in [3.05, 3.63) is 18.0 Å². The first kappa shape index (κ1) is 10.3. The van der Waals surface area contributed by atoms with Crippen molar-refractivity contribution in [2.24, 2.45) is 0 Å². The summed E-state index contributed by atoms with van der Waals surface area (Å²) in [7, 11) is 0. The van der Waals surface area contributed by atoms with E-state index in [2.05, 4.69) is 5.16 Å². The Labute approximate surface area is 98.1 Å². The Balaban J connectivity index is 1.77. The van der Waals surface area contributed by atoms with Gasteiger partial charge >= 0.3 is 0 Å². The van der Waals surface area contributed by atoms with Gasteiger partial charge in [0.25, 0.3) is 0 Å². The highest BCUT2D eigenvalue weighted by atomic mass is 16.5. The number of rotatable bonds is 2. The molecule has 2 fully saturated rings. The molecule has 1 unspecified atom stereocenters. The fraction of sp³-hybridized carbons (Fsp3) is 0.545. The number of fused-ring (bicyclic) bond motifs is 1. The molecule has 2 amide bonds. The molecule has 3 heterocycles. The Hall–Kier alpha value is -1.85. The van der Waals surface area contributed by atoms with Crippen LogP contribution >= 0.6 is 0 Å². The minimum absolute atomic E-state index is 0.0325. The van der Waals surface area contributed by atoms with Gasteiger partial charge in [0.15, 0.2) is 0 Å². The fourth-order valence-corrected chi connectivity index (χ4v) is 2.51. The third-order valence-electron chi connectivity index (χ3n) is 3.34. The van der Waals surface area contributed by atoms with Crippen molar-refractivity contribution in [2.75, 3.05) is 13.1 Å². The van der Waals surface area contributed by atoms with E-state index < -0.39 is 0 Å². The summed E-state index contributed by atoms with van der Waals surface area (Å²) in [5.74, 6) is 0.0701. The quantitative estimate of drug-likeness (QED) is 0.724. The van der Waals surface area contributed by atoms with Crippen molar-refractivity contribution in [2.45, 2.75) is 25.4 Å². The Morgan fingerprint density at radius 3 is 3.12 bits per heavy atom. The van der Waals surface area contributed by atoms with E-state index in [-0.39, 0.29) is 24.4 Å². The molecule has 6 nitrogen and oxygen atoms in total. The molecule has 3 rings (SSSR count). The van der Waals surface area contributed by atoms with Crippen LogP contribution in [-0.2, 0) is 16.1 Å². The van der Waals surface area contributed by atoms with Crippen LogP contribution in [-0.4, -0.2) is 45.9 Å². The molecule has 0 saturated carbocycles. The van der Waals surface area contributed by atoms with E-state index in [9.17, 15) is 9.59 Å². The second kappa shape index (κ2) is 3.87. The lowest BCUT2D eigenvalue weighted by Gasteiger charge is -2.35. The van der Waals surface area contributed by atoms with Gasteiger partial charge in [-0.15, -0.1) is 0 Å². The van der Waals surface area contributed by atoms with E-state index >= 15 is 0 Å². The van der Waals surface area contributed by atoms with Crippen LogP contribution in [0.3, 0.4) is 0 Å². The fourth-order valence-electron chi connectivity index (χ4n) is 2.51. The average Bonchev–Trinajstić information content (AvgIpc) is 2.96. The molecule has 1 atom stereocenters. The van der Waals surface area contributed by atoms with Crippen molar-refractivity contribution in [3.8, 4) is 0 Å². The summed E-state index contributed by atoms with van der Waals surface area (Å²) in [6.45, 7) is 1.22. The number of hydrogen-bond donors (Lipinski definition) is 0. The summed E-state index contributed by atoms with van der Waals surface area (Å²) in [5, 5.41) is 3.76. The van der Waals surface area contributed by atoms with Crippen LogP contribution in [0.5, 0.6) is 0 Å². The van der Waals surface area contributed by atoms with Gasteiger partial charge in [-0.3, -0.25) is 9.59 Å². The lowest BCUT2D eigenvalue weighted by molar-refractivity contribution is -0.154. The Kier molecular flexibility index (Phi) is 2.35. The van der Waals surface area contributed by atoms with E-state index in [0.29, 0.717) is 18.8 Å². The maximum Gasteiger partial charge on any atom is 0.246 e. The smallest absolute Gasteiger partial charge is 0.246 e. The first-order valence-electron chi connectivity index (χ1n) is 5.73. The van der Waals surface area contributed by atoms with Gasteiger partial charge in [-0.1, -0.05) is 5.16 Å². The lowest BCUT2D eigenvalue weighted by Crippen LogP contribution is -2.56. The first-order valence-corrected chi connectivity index (χ1v) is 5.73. The van der Waals surface area contributed by atoms with Crippen LogP contribution in [0.1, 0.15) is 18.5 Å². The molecule has 0 spiro atoms. The Morgan fingerprint density at radius 1 is 1.47 bits per heavy atom. The molecule has 90 valence electrons. The molecule has 0 aliphatic carbocycles. The van der Waals surface area contributed by atoms with Crippen molar-refractivity contribution in [1.29, 1.82) is 0 Å². The van der Waals surface area contributed by atoms with E-state index in [4.69, 9.17) is 4.52 Å². The van der Waals surface area contributed by atoms with Crippen LogP contribution in [0.4, 0.5) is 0 Å². The molecule has 1 aromatic rings. The van der Waals surface area contributed by atoms with Crippen molar-refractivity contribution < 1.29 is 14.1 Å². The highest BCUT2D eigenvalue weighted by Crippen LogP contribution is 2.24. The van der Waals surface area contributed by atoms with Crippen molar-refractivity contribution in [3.63, 3.8) is 0 Å². The highest BCUT2D eigenvalue weighted by molar-refractivity contribution is 5.95. The van der Waals surface area contributed by atoms with Gasteiger partial charge in [-0.05, 0) is 12.8 Å². The zero-order valence-electron chi connectivity index (χ0n) is 9.33. The number of aromatic nitrogens is 1. The summed E-state index contributed by atoms with van der Waals surface area (Å²) in [4.78, 5) is 27.3. The lowest BCUT2D eigenvalue weighted by atomic mass is 10.1. The Bertz CT molecular complexity index is 443. The standard InChI is InChI=1S/C11H13N3O3/c15-10-7-13(6-8-3-5-17-12-8)11(16)9-2-1-4-14(9)10/h3,5,9H,1-2,4,6-7H2. The molecule has 0 radical (unpaired) electrons. The van der Waals surface area contributed by atoms with Crippen LogP contribution < -0.4 is 0 Å². The van der Waals surface area contributed by atoms with Crippen molar-refractivity contribution in [1.82, 2.24) is 15.0 Å². The van der Waals surface area contributed by atoms with Gasteiger partial charge < -0.3 is 14.3 Å². The normalized spacial score (nSPS) is 24.4. The first-order chi connectivity index (χ1) is 8.25. The molecular weight excluding hydrogens is 222 g/mol. The maximum absolute atomic E-state index is 12.2. The number of piperazine rings is 1. The number of amides is 2. The number of carbonyl (C=O) groups excluding carboxylic acids is 2. The van der Waals surface area contributed by atoms with Gasteiger partial charge in [-0.2, -0.15) is 0 Å². The maximum atomic E-state index is 12.2. The van der Waals surface area contributed by atoms with Gasteiger partial charge in [0, 0.05) is 12.6 Å². The number of hydrogen-bond acceptors (Lipinski definition) is 4. The topological polar surface area (TPSA) is 66.7 Å². The summed E-state index contributed by atoms with van der Waals surface area (Å²) in [6, 6.07) is 1.46. The molecule has 0 bridgehead atoms. The highest BCUT2D eigenvalue weighted by Gasteiger charge is 2.41. The van der Waals surface area contributed by atoms with Gasteiger partial charge in [-0.25, -0.2) is 0 Å². The zero-order chi connectivity index (χ0) is 11.8. The van der Waals surface area contributed by atoms with Crippen LogP contribution in [0.2, 0.25) is 0 Å². The molecule has 0 aromatic carbocycles. The van der Waals surface area contributed by atoms with E-state index in [1.54, 1.807) is 15.9 Å². The second-order valence-corrected chi connectivity index (χ2v) is 4.43. The SMILES string of the molecule is O=C1C2CCCN2C(=O)CN1Cc1ccon1. The minimum Gasteiger partial charge on any atom is -0.364 e. The zero-order valence-corrected chi connectivity index (χ0v) is 9.33. The van der Waals surface area contributed by atoms with Crippen LogP contribution in [0.15, 0.2) is 16.9 Å². The summed E-state index contributed by atoms with van der Waals surface area (Å²) >= 11 is 0. The molecule has 17 heavy (non-hydrogen) atoms. The molecule has 6 heteroatoms. The third-order valence-corrected chi connectivity index (χ3v) is 3.34. The largest absolute Gasteiger partial charge is 0.364 e. The second-order valence-electron chi connectivity index (χ2n) is 4.43. The molecule has 0 N–H and O–H groups in total. The molecule has 2 aliphatic heterocycles. The minimum atomic E-state index is -0.247. The third kappa shape index (κ3) is 1.69. The predicted molar refractivity (Wildman–Crippen MR) is 56.7 cm³/mol. The van der Waals surface area contributed by atoms with Gasteiger partial charge in [0.1, 0.15) is 24.5 Å².